The van der Waals surface area contributed by atoms with E-state index in [1.165, 1.54) is 6.07 Å². The summed E-state index contributed by atoms with van der Waals surface area (Å²) in [6.07, 6.45) is 0. The molecule has 0 spiro atoms. The Hall–Kier alpha value is -0.760. The van der Waals surface area contributed by atoms with Crippen molar-refractivity contribution in [2.75, 3.05) is 4.84 Å². The summed E-state index contributed by atoms with van der Waals surface area (Å²) in [5.74, 6) is -0.333. The molecule has 0 unspecified atom stereocenters. The quantitative estimate of drug-likeness (QED) is 0.622. The molecule has 0 bridgehead atoms. The lowest BCUT2D eigenvalue weighted by molar-refractivity contribution is 0.632. The third-order valence-electron chi connectivity index (χ3n) is 1.22. The van der Waals surface area contributed by atoms with Crippen LogP contribution < -0.4 is 4.84 Å². The highest BCUT2D eigenvalue weighted by Gasteiger charge is 1.98. The number of benzene rings is 1. The number of rotatable bonds is 1. The first-order valence-corrected chi connectivity index (χ1v) is 3.24. The van der Waals surface area contributed by atoms with Gasteiger partial charge in [0.25, 0.3) is 0 Å². The van der Waals surface area contributed by atoms with E-state index < -0.39 is 0 Å². The van der Waals surface area contributed by atoms with Crippen LogP contribution in [-0.2, 0) is 0 Å². The molecule has 1 aromatic carbocycles. The lowest BCUT2D eigenvalue weighted by Gasteiger charge is -1.99. The van der Waals surface area contributed by atoms with Gasteiger partial charge >= 0.3 is 0 Å². The van der Waals surface area contributed by atoms with E-state index in [2.05, 4.69) is 4.84 Å². The molecule has 0 fully saturated rings. The van der Waals surface area contributed by atoms with E-state index in [-0.39, 0.29) is 5.82 Å². The first-order chi connectivity index (χ1) is 4.74. The van der Waals surface area contributed by atoms with Gasteiger partial charge in [0.2, 0.25) is 0 Å². The zero-order valence-electron chi connectivity index (χ0n) is 5.49. The molecule has 0 aromatic heterocycles. The van der Waals surface area contributed by atoms with Crippen molar-refractivity contribution in [2.24, 2.45) is 0 Å². The average molecular weight is 160 g/mol. The minimum absolute atomic E-state index is 0.321. The molecule has 3 heteroatoms. The molecule has 0 atom stereocenters. The molecular weight excluding hydrogens is 153 g/mol. The summed E-state index contributed by atoms with van der Waals surface area (Å²) >= 11 is 5.21. The molecule has 1 nitrogen and oxygen atoms in total. The highest BCUT2D eigenvalue weighted by molar-refractivity contribution is 6.24. The maximum Gasteiger partial charge on any atom is 0.147 e. The fraction of sp³-hybridized carbons (Fsp3) is 0.143. The van der Waals surface area contributed by atoms with E-state index >= 15 is 0 Å². The number of hydrogen-bond donors (Lipinski definition) is 1. The SMILES string of the molecule is Cc1ccc(F)c(NCl)c1. The van der Waals surface area contributed by atoms with Gasteiger partial charge in [0.05, 0.1) is 5.69 Å². The topological polar surface area (TPSA) is 12.0 Å². The van der Waals surface area contributed by atoms with Crippen molar-refractivity contribution >= 4 is 17.5 Å². The molecule has 0 aliphatic rings. The van der Waals surface area contributed by atoms with Gasteiger partial charge in [0, 0.05) is 11.8 Å². The minimum atomic E-state index is -0.333. The molecule has 0 heterocycles. The number of aryl methyl sites for hydroxylation is 1. The van der Waals surface area contributed by atoms with Gasteiger partial charge in [-0.25, -0.2) is 4.39 Å². The lowest BCUT2D eigenvalue weighted by Crippen LogP contribution is -1.86. The normalized spacial score (nSPS) is 9.50. The van der Waals surface area contributed by atoms with Gasteiger partial charge in [0.1, 0.15) is 5.82 Å². The second-order valence-electron chi connectivity index (χ2n) is 2.08. The molecule has 0 saturated carbocycles. The Balaban J connectivity index is 3.09. The first kappa shape index (κ1) is 7.35. The maximum absolute atomic E-state index is 12.6. The van der Waals surface area contributed by atoms with Gasteiger partial charge in [-0.2, -0.15) is 0 Å². The summed E-state index contributed by atoms with van der Waals surface area (Å²) in [4.78, 5) is 2.23. The summed E-state index contributed by atoms with van der Waals surface area (Å²) in [5, 5.41) is 0. The van der Waals surface area contributed by atoms with Gasteiger partial charge in [-0.15, -0.1) is 0 Å². The van der Waals surface area contributed by atoms with Crippen LogP contribution in [0.1, 0.15) is 5.56 Å². The van der Waals surface area contributed by atoms with Crippen LogP contribution in [0.15, 0.2) is 18.2 Å². The van der Waals surface area contributed by atoms with Crippen molar-refractivity contribution in [1.29, 1.82) is 0 Å². The van der Waals surface area contributed by atoms with Crippen LogP contribution in [0.4, 0.5) is 10.1 Å². The number of nitrogens with one attached hydrogen (secondary N) is 1. The van der Waals surface area contributed by atoms with Gasteiger partial charge < -0.3 is 0 Å². The van der Waals surface area contributed by atoms with E-state index in [1.54, 1.807) is 12.1 Å². The molecule has 1 aromatic rings. The van der Waals surface area contributed by atoms with Crippen LogP contribution in [0.3, 0.4) is 0 Å². The molecule has 1 rings (SSSR count). The monoisotopic (exact) mass is 159 g/mol. The van der Waals surface area contributed by atoms with Crippen molar-refractivity contribution in [3.63, 3.8) is 0 Å². The predicted molar refractivity (Wildman–Crippen MR) is 40.6 cm³/mol. The first-order valence-electron chi connectivity index (χ1n) is 2.87. The van der Waals surface area contributed by atoms with E-state index in [0.717, 1.165) is 5.56 Å². The van der Waals surface area contributed by atoms with Crippen LogP contribution in [0.5, 0.6) is 0 Å². The highest BCUT2D eigenvalue weighted by Crippen LogP contribution is 2.15. The fourth-order valence-electron chi connectivity index (χ4n) is 0.712. The van der Waals surface area contributed by atoms with Gasteiger partial charge in [0.15, 0.2) is 0 Å². The minimum Gasteiger partial charge on any atom is -0.296 e. The lowest BCUT2D eigenvalue weighted by atomic mass is 10.2. The molecule has 0 aliphatic heterocycles. The molecule has 0 aliphatic carbocycles. The zero-order chi connectivity index (χ0) is 7.56. The third kappa shape index (κ3) is 1.39. The second-order valence-corrected chi connectivity index (χ2v) is 2.27. The van der Waals surface area contributed by atoms with Crippen LogP contribution in [0.25, 0.3) is 0 Å². The van der Waals surface area contributed by atoms with Crippen molar-refractivity contribution in [3.8, 4) is 0 Å². The predicted octanol–water partition coefficient (Wildman–Crippen LogP) is 2.70. The second kappa shape index (κ2) is 2.88. The summed E-state index contributed by atoms with van der Waals surface area (Å²) in [5.41, 5.74) is 1.30. The summed E-state index contributed by atoms with van der Waals surface area (Å²) < 4.78 is 12.6. The van der Waals surface area contributed by atoms with Crippen molar-refractivity contribution < 1.29 is 4.39 Å². The maximum atomic E-state index is 12.6. The van der Waals surface area contributed by atoms with E-state index in [1.807, 2.05) is 6.92 Å². The number of hydrogen-bond acceptors (Lipinski definition) is 1. The Bertz CT molecular complexity index is 237. The molecular formula is C7H7ClFN. The standard InChI is InChI=1S/C7H7ClFN/c1-5-2-3-6(9)7(4-5)10-8/h2-4,10H,1H3. The molecule has 0 amide bonds. The van der Waals surface area contributed by atoms with Gasteiger partial charge in [-0.1, -0.05) is 6.07 Å². The Morgan fingerprint density at radius 1 is 1.50 bits per heavy atom. The zero-order valence-corrected chi connectivity index (χ0v) is 6.24. The van der Waals surface area contributed by atoms with Crippen molar-refractivity contribution in [3.05, 3.63) is 29.6 Å². The Morgan fingerprint density at radius 3 is 2.70 bits per heavy atom. The summed E-state index contributed by atoms with van der Waals surface area (Å²) in [6, 6.07) is 4.70. The molecule has 1 N–H and O–H groups in total. The van der Waals surface area contributed by atoms with Crippen molar-refractivity contribution in [2.45, 2.75) is 6.92 Å². The van der Waals surface area contributed by atoms with Gasteiger partial charge in [-0.3, -0.25) is 4.84 Å². The molecule has 0 saturated heterocycles. The Kier molecular flexibility index (Phi) is 2.12. The Morgan fingerprint density at radius 2 is 2.20 bits per heavy atom. The summed E-state index contributed by atoms with van der Waals surface area (Å²) in [6.45, 7) is 1.87. The van der Waals surface area contributed by atoms with Crippen LogP contribution >= 0.6 is 11.8 Å². The van der Waals surface area contributed by atoms with E-state index in [9.17, 15) is 4.39 Å². The average Bonchev–Trinajstić information content (AvgIpc) is 1.94. The smallest absolute Gasteiger partial charge is 0.147 e. The van der Waals surface area contributed by atoms with E-state index in [4.69, 9.17) is 11.8 Å². The number of halogens is 2. The van der Waals surface area contributed by atoms with Gasteiger partial charge in [-0.05, 0) is 24.6 Å². The highest BCUT2D eigenvalue weighted by atomic mass is 35.5. The third-order valence-corrected chi connectivity index (χ3v) is 1.43. The summed E-state index contributed by atoms with van der Waals surface area (Å²) in [7, 11) is 0. The van der Waals surface area contributed by atoms with E-state index in [0.29, 0.717) is 5.69 Å². The molecule has 54 valence electrons. The van der Waals surface area contributed by atoms with Crippen LogP contribution in [0.2, 0.25) is 0 Å². The van der Waals surface area contributed by atoms with Crippen LogP contribution in [0, 0.1) is 12.7 Å². The van der Waals surface area contributed by atoms with Crippen molar-refractivity contribution in [1.82, 2.24) is 0 Å². The Labute approximate surface area is 63.9 Å². The largest absolute Gasteiger partial charge is 0.296 e. The number of anilines is 1. The molecule has 10 heavy (non-hydrogen) atoms. The fourth-order valence-corrected chi connectivity index (χ4v) is 0.856. The molecule has 0 radical (unpaired) electrons. The van der Waals surface area contributed by atoms with Crippen LogP contribution in [-0.4, -0.2) is 0 Å².